The summed E-state index contributed by atoms with van der Waals surface area (Å²) in [7, 11) is 16.9. The van der Waals surface area contributed by atoms with Gasteiger partial charge in [-0.25, -0.2) is 9.59 Å². The molecule has 0 amide bonds. The molecule has 19 heteroatoms. The zero-order chi connectivity index (χ0) is 34.4. The van der Waals surface area contributed by atoms with Gasteiger partial charge in [-0.3, -0.25) is 9.35 Å². The van der Waals surface area contributed by atoms with Gasteiger partial charge >= 0.3 is 39.5 Å². The van der Waals surface area contributed by atoms with E-state index in [4.69, 9.17) is 40.7 Å². The normalized spacial score (nSPS) is 30.4. The number of carboxylic acids is 1. The second kappa shape index (κ2) is 11.3. The van der Waals surface area contributed by atoms with Crippen LogP contribution in [0.5, 0.6) is 0 Å². The maximum atomic E-state index is 14.3. The van der Waals surface area contributed by atoms with E-state index >= 15 is 0 Å². The molecule has 0 aliphatic heterocycles. The van der Waals surface area contributed by atoms with Crippen molar-refractivity contribution in [3.63, 3.8) is 0 Å². The number of hydrogen-bond acceptors (Lipinski definition) is 7. The lowest BCUT2D eigenvalue weighted by Gasteiger charge is -2.73. The standard InChI is InChI=1S/C27H25B4F5O9S/c28-5-12-13(6-29)15(8-31)19(18(20(37)38)14(12)7-30)21(39)45-25-4-10-1-11-16(2-17(11)25)24(3-10,9-25)23(40)44-22(26(32,33)34)27(35,36)46(41,42)43/h10-11,16-17,22H,1-9H2,(H,37,38)(H,41,42,43). The summed E-state index contributed by atoms with van der Waals surface area (Å²) in [5.74, 6) is -6.29. The van der Waals surface area contributed by atoms with E-state index in [1.807, 2.05) is 0 Å². The van der Waals surface area contributed by atoms with E-state index in [0.29, 0.717) is 12.0 Å². The predicted molar refractivity (Wildman–Crippen MR) is 151 cm³/mol. The number of carbonyl (C=O) groups is 3. The Bertz CT molecular complexity index is 1610. The van der Waals surface area contributed by atoms with Gasteiger partial charge in [-0.05, 0) is 54.6 Å². The van der Waals surface area contributed by atoms with Crippen LogP contribution in [0.2, 0.25) is 0 Å². The van der Waals surface area contributed by atoms with Gasteiger partial charge in [0.2, 0.25) is 0 Å². The molecule has 240 valence electrons. The number of alkyl halides is 5. The van der Waals surface area contributed by atoms with E-state index in [0.717, 1.165) is 0 Å². The third-order valence-electron chi connectivity index (χ3n) is 10.5. The van der Waals surface area contributed by atoms with E-state index in [2.05, 4.69) is 4.74 Å². The first-order chi connectivity index (χ1) is 21.2. The molecule has 9 nitrogen and oxygen atoms in total. The lowest BCUT2D eigenvalue weighted by atomic mass is 9.32. The van der Waals surface area contributed by atoms with Crippen LogP contribution >= 0.6 is 0 Å². The van der Waals surface area contributed by atoms with E-state index in [-0.39, 0.29) is 67.2 Å². The molecule has 0 spiro atoms. The summed E-state index contributed by atoms with van der Waals surface area (Å²) in [4.78, 5) is 40.1. The fourth-order valence-electron chi connectivity index (χ4n) is 8.90. The zero-order valence-corrected chi connectivity index (χ0v) is 24.9. The molecule has 1 aromatic carbocycles. The van der Waals surface area contributed by atoms with Crippen molar-refractivity contribution in [2.24, 2.45) is 29.1 Å². The molecule has 46 heavy (non-hydrogen) atoms. The summed E-state index contributed by atoms with van der Waals surface area (Å²) in [5.41, 5.74) is -3.72. The number of aromatic carboxylic acids is 1. The molecule has 0 heterocycles. The second-order valence-electron chi connectivity index (χ2n) is 12.6. The fourth-order valence-corrected chi connectivity index (χ4v) is 9.35. The molecule has 6 fully saturated rings. The predicted octanol–water partition coefficient (Wildman–Crippen LogP) is 2.37. The summed E-state index contributed by atoms with van der Waals surface area (Å²) in [6, 6.07) is 0. The third kappa shape index (κ3) is 4.92. The second-order valence-corrected chi connectivity index (χ2v) is 14.1. The molecule has 6 saturated carbocycles. The highest BCUT2D eigenvalue weighted by atomic mass is 32.2. The van der Waals surface area contributed by atoms with Gasteiger partial charge in [-0.15, -0.1) is 0 Å². The maximum absolute atomic E-state index is 14.3. The van der Waals surface area contributed by atoms with Crippen molar-refractivity contribution in [2.75, 3.05) is 0 Å². The summed E-state index contributed by atoms with van der Waals surface area (Å²) < 4.78 is 111. The number of carbonyl (C=O) groups excluding carboxylic acids is 2. The van der Waals surface area contributed by atoms with Crippen LogP contribution in [0.3, 0.4) is 0 Å². The molecule has 8 radical (unpaired) electrons. The fraction of sp³-hybridized carbons (Fsp3) is 0.667. The smallest absolute Gasteiger partial charge is 0.432 e. The highest BCUT2D eigenvalue weighted by Crippen LogP contribution is 2.76. The van der Waals surface area contributed by atoms with Crippen LogP contribution < -0.4 is 0 Å². The quantitative estimate of drug-likeness (QED) is 0.158. The molecule has 6 aliphatic carbocycles. The Labute approximate surface area is 266 Å². The third-order valence-corrected chi connectivity index (χ3v) is 11.4. The van der Waals surface area contributed by atoms with Crippen molar-refractivity contribution in [3.05, 3.63) is 33.4 Å². The Kier molecular flexibility index (Phi) is 8.52. The molecule has 6 aliphatic rings. The first kappa shape index (κ1) is 34.8. The molecule has 7 rings (SSSR count). The Morgan fingerprint density at radius 3 is 1.89 bits per heavy atom. The molecule has 2 N–H and O–H groups in total. The molecule has 0 aromatic heterocycles. The lowest BCUT2D eigenvalue weighted by Crippen LogP contribution is -2.75. The zero-order valence-electron chi connectivity index (χ0n) is 24.1. The average Bonchev–Trinajstić information content (AvgIpc) is 2.93. The van der Waals surface area contributed by atoms with Crippen LogP contribution in [0.1, 0.15) is 75.1 Å². The minimum atomic E-state index is -6.67. The van der Waals surface area contributed by atoms with Crippen molar-refractivity contribution in [1.29, 1.82) is 0 Å². The minimum absolute atomic E-state index is 0.0202. The summed E-state index contributed by atoms with van der Waals surface area (Å²) >= 11 is 0. The highest BCUT2D eigenvalue weighted by molar-refractivity contribution is 7.86. The Balaban J connectivity index is 1.56. The Hall–Kier alpha value is -2.55. The summed E-state index contributed by atoms with van der Waals surface area (Å²) in [5, 5.41) is 4.24. The van der Waals surface area contributed by atoms with Crippen LogP contribution in [0.4, 0.5) is 22.0 Å². The number of ether oxygens (including phenoxy) is 2. The van der Waals surface area contributed by atoms with Crippen LogP contribution in [-0.4, -0.2) is 90.5 Å². The highest BCUT2D eigenvalue weighted by Gasteiger charge is 2.77. The number of carboxylic acid groups (broad SMARTS) is 1. The van der Waals surface area contributed by atoms with Gasteiger partial charge in [0.15, 0.2) is 0 Å². The molecule has 7 atom stereocenters. The number of esters is 2. The van der Waals surface area contributed by atoms with Crippen molar-refractivity contribution >= 4 is 59.4 Å². The number of benzene rings is 1. The first-order valence-electron chi connectivity index (χ1n) is 14.3. The van der Waals surface area contributed by atoms with Gasteiger partial charge in [-0.1, -0.05) is 36.4 Å². The minimum Gasteiger partial charge on any atom is -0.478 e. The van der Waals surface area contributed by atoms with Crippen molar-refractivity contribution < 1.29 is 63.9 Å². The molecule has 1 aromatic rings. The van der Waals surface area contributed by atoms with Gasteiger partial charge in [0, 0.05) is 12.3 Å². The summed E-state index contributed by atoms with van der Waals surface area (Å²) in [6.07, 6.45) is -11.5. The van der Waals surface area contributed by atoms with E-state index < -0.39 is 91.9 Å². The van der Waals surface area contributed by atoms with Crippen LogP contribution in [0.15, 0.2) is 0 Å². The maximum Gasteiger partial charge on any atom is 0.432 e. The van der Waals surface area contributed by atoms with Crippen LogP contribution in [0.25, 0.3) is 0 Å². The van der Waals surface area contributed by atoms with Gasteiger partial charge in [0.05, 0.1) is 47.9 Å². The number of hydrogen-bond donors (Lipinski definition) is 2. The van der Waals surface area contributed by atoms with E-state index in [1.165, 1.54) is 0 Å². The van der Waals surface area contributed by atoms with Crippen molar-refractivity contribution in [3.8, 4) is 0 Å². The summed E-state index contributed by atoms with van der Waals surface area (Å²) in [6.45, 7) is 0. The van der Waals surface area contributed by atoms with Crippen LogP contribution in [-0.2, 0) is 49.7 Å². The lowest BCUT2D eigenvalue weighted by molar-refractivity contribution is -0.305. The van der Waals surface area contributed by atoms with Gasteiger partial charge in [0.1, 0.15) is 5.60 Å². The molecule has 6 bridgehead atoms. The molecular formula is C27H25B4F5O9S. The van der Waals surface area contributed by atoms with E-state index in [9.17, 15) is 49.9 Å². The average molecular weight is 664 g/mol. The Morgan fingerprint density at radius 2 is 1.41 bits per heavy atom. The largest absolute Gasteiger partial charge is 0.478 e. The SMILES string of the molecule is [B]Cc1c(C[B])c(C[B])c(C(=O)OC23CC4CC5C2CC5C(C(=O)OC(C(F)(F)F)C(F)(F)S(=O)(=O)O)(C4)C3)c(C(=O)O)c1C[B]. The van der Waals surface area contributed by atoms with Crippen molar-refractivity contribution in [2.45, 2.75) is 80.5 Å². The number of halogens is 5. The first-order valence-corrected chi connectivity index (χ1v) is 15.8. The van der Waals surface area contributed by atoms with Gasteiger partial charge < -0.3 is 14.6 Å². The molecular weight excluding hydrogens is 639 g/mol. The van der Waals surface area contributed by atoms with Gasteiger partial charge in [-0.2, -0.15) is 30.4 Å². The number of rotatable bonds is 11. The monoisotopic (exact) mass is 664 g/mol. The molecule has 7 unspecified atom stereocenters. The molecule has 0 saturated heterocycles. The van der Waals surface area contributed by atoms with E-state index in [1.54, 1.807) is 0 Å². The van der Waals surface area contributed by atoms with Crippen molar-refractivity contribution in [1.82, 2.24) is 0 Å². The topological polar surface area (TPSA) is 144 Å². The van der Waals surface area contributed by atoms with Crippen LogP contribution in [0, 0.1) is 29.1 Å². The van der Waals surface area contributed by atoms with Gasteiger partial charge in [0.25, 0.3) is 6.10 Å². The Morgan fingerprint density at radius 1 is 0.870 bits per heavy atom.